The molecular formula is C10H22N2S. The molecule has 0 aromatic carbocycles. The Morgan fingerprint density at radius 3 is 2.77 bits per heavy atom. The van der Waals surface area contributed by atoms with Crippen LogP contribution in [0, 0.1) is 0 Å². The highest BCUT2D eigenvalue weighted by Gasteiger charge is 2.26. The summed E-state index contributed by atoms with van der Waals surface area (Å²) in [5.41, 5.74) is 0. The second kappa shape index (κ2) is 5.23. The Bertz CT molecular complexity index is 142. The van der Waals surface area contributed by atoms with Gasteiger partial charge in [-0.1, -0.05) is 0 Å². The van der Waals surface area contributed by atoms with Crippen LogP contribution in [0.3, 0.4) is 0 Å². The summed E-state index contributed by atoms with van der Waals surface area (Å²) in [5.74, 6) is 1.22. The van der Waals surface area contributed by atoms with Crippen molar-refractivity contribution in [1.82, 2.24) is 10.2 Å². The minimum Gasteiger partial charge on any atom is -0.309 e. The van der Waals surface area contributed by atoms with Gasteiger partial charge in [0.2, 0.25) is 0 Å². The maximum Gasteiger partial charge on any atom is 0.0212 e. The highest BCUT2D eigenvalue weighted by Crippen LogP contribution is 2.15. The minimum atomic E-state index is 0.652. The molecule has 3 heteroatoms. The van der Waals surface area contributed by atoms with E-state index in [1.54, 1.807) is 0 Å². The Hall–Kier alpha value is 0.270. The zero-order valence-electron chi connectivity index (χ0n) is 9.21. The van der Waals surface area contributed by atoms with Gasteiger partial charge in [0.25, 0.3) is 0 Å². The lowest BCUT2D eigenvalue weighted by Gasteiger charge is -2.18. The zero-order chi connectivity index (χ0) is 9.84. The van der Waals surface area contributed by atoms with Crippen molar-refractivity contribution in [3.05, 3.63) is 0 Å². The number of nitrogens with one attached hydrogen (secondary N) is 1. The molecule has 0 amide bonds. The largest absolute Gasteiger partial charge is 0.309 e. The molecule has 0 aromatic heterocycles. The second-order valence-electron chi connectivity index (χ2n) is 4.24. The highest BCUT2D eigenvalue weighted by atomic mass is 32.2. The van der Waals surface area contributed by atoms with E-state index in [0.29, 0.717) is 12.1 Å². The van der Waals surface area contributed by atoms with Crippen molar-refractivity contribution in [3.63, 3.8) is 0 Å². The molecule has 1 aliphatic heterocycles. The normalized spacial score (nSPS) is 32.3. The van der Waals surface area contributed by atoms with Crippen molar-refractivity contribution in [2.45, 2.75) is 38.4 Å². The number of likely N-dealkylation sites (N-methyl/N-ethyl adjacent to an activating group) is 1. The molecule has 3 atom stereocenters. The molecule has 0 bridgehead atoms. The van der Waals surface area contributed by atoms with Gasteiger partial charge in [-0.25, -0.2) is 0 Å². The Labute approximate surface area is 86.5 Å². The molecule has 78 valence electrons. The number of nitrogens with zero attached hydrogens (tertiary/aromatic N) is 1. The van der Waals surface area contributed by atoms with E-state index in [4.69, 9.17) is 0 Å². The number of likely N-dealkylation sites (tertiary alicyclic amines) is 1. The maximum absolute atomic E-state index is 3.68. The number of hydrogen-bond donors (Lipinski definition) is 1. The number of thioether (sulfide) groups is 1. The molecular weight excluding hydrogens is 180 g/mol. The van der Waals surface area contributed by atoms with Crippen molar-refractivity contribution < 1.29 is 0 Å². The molecule has 0 aromatic rings. The van der Waals surface area contributed by atoms with Gasteiger partial charge in [-0.05, 0) is 33.6 Å². The van der Waals surface area contributed by atoms with Crippen molar-refractivity contribution in [1.29, 1.82) is 0 Å². The van der Waals surface area contributed by atoms with Gasteiger partial charge in [0, 0.05) is 30.4 Å². The van der Waals surface area contributed by atoms with Gasteiger partial charge in [0.1, 0.15) is 0 Å². The monoisotopic (exact) mass is 202 g/mol. The summed E-state index contributed by atoms with van der Waals surface area (Å²) >= 11 is 1.92. The van der Waals surface area contributed by atoms with Crippen LogP contribution in [-0.2, 0) is 0 Å². The summed E-state index contributed by atoms with van der Waals surface area (Å²) in [4.78, 5) is 2.43. The van der Waals surface area contributed by atoms with Gasteiger partial charge < -0.3 is 10.2 Å². The molecule has 13 heavy (non-hydrogen) atoms. The van der Waals surface area contributed by atoms with Crippen molar-refractivity contribution in [2.24, 2.45) is 0 Å². The summed E-state index contributed by atoms with van der Waals surface area (Å²) in [6.45, 7) is 5.79. The smallest absolute Gasteiger partial charge is 0.0212 e. The van der Waals surface area contributed by atoms with E-state index in [0.717, 1.165) is 6.04 Å². The van der Waals surface area contributed by atoms with Crippen molar-refractivity contribution in [3.8, 4) is 0 Å². The Kier molecular flexibility index (Phi) is 4.56. The Morgan fingerprint density at radius 1 is 1.62 bits per heavy atom. The first-order chi connectivity index (χ1) is 6.13. The molecule has 0 saturated carbocycles. The summed E-state index contributed by atoms with van der Waals surface area (Å²) in [5, 5.41) is 3.68. The molecule has 0 spiro atoms. The van der Waals surface area contributed by atoms with Gasteiger partial charge in [0.05, 0.1) is 0 Å². The molecule has 1 rings (SSSR count). The summed E-state index contributed by atoms with van der Waals surface area (Å²) < 4.78 is 0. The molecule has 3 unspecified atom stereocenters. The first-order valence-corrected chi connectivity index (χ1v) is 6.48. The Balaban J connectivity index is 2.23. The lowest BCUT2D eigenvalue weighted by Crippen LogP contribution is -2.39. The molecule has 2 nitrogen and oxygen atoms in total. The van der Waals surface area contributed by atoms with Gasteiger partial charge >= 0.3 is 0 Å². The minimum absolute atomic E-state index is 0.652. The van der Waals surface area contributed by atoms with Crippen LogP contribution < -0.4 is 5.32 Å². The van der Waals surface area contributed by atoms with Gasteiger partial charge in [-0.2, -0.15) is 11.8 Å². The lowest BCUT2D eigenvalue weighted by molar-refractivity contribution is 0.325. The fourth-order valence-electron chi connectivity index (χ4n) is 2.02. The predicted molar refractivity (Wildman–Crippen MR) is 61.5 cm³/mol. The molecule has 1 aliphatic rings. The summed E-state index contributed by atoms with van der Waals surface area (Å²) in [6.07, 6.45) is 3.47. The molecule has 0 radical (unpaired) electrons. The molecule has 1 heterocycles. The van der Waals surface area contributed by atoms with E-state index in [1.165, 1.54) is 18.7 Å². The van der Waals surface area contributed by atoms with Crippen LogP contribution in [0.5, 0.6) is 0 Å². The van der Waals surface area contributed by atoms with Crippen LogP contribution in [-0.4, -0.2) is 48.6 Å². The third-order valence-corrected chi connectivity index (χ3v) is 3.66. The van der Waals surface area contributed by atoms with Crippen LogP contribution in [0.25, 0.3) is 0 Å². The SMILES string of the molecule is CSCC(C)NC1CC(C)N(C)C1. The Morgan fingerprint density at radius 2 is 2.31 bits per heavy atom. The highest BCUT2D eigenvalue weighted by molar-refractivity contribution is 7.98. The molecule has 1 N–H and O–H groups in total. The number of hydrogen-bond acceptors (Lipinski definition) is 3. The predicted octanol–water partition coefficient (Wildman–Crippen LogP) is 1.42. The molecule has 1 fully saturated rings. The number of rotatable bonds is 4. The van der Waals surface area contributed by atoms with Gasteiger partial charge in [-0.15, -0.1) is 0 Å². The van der Waals surface area contributed by atoms with Gasteiger partial charge in [0.15, 0.2) is 0 Å². The second-order valence-corrected chi connectivity index (χ2v) is 5.15. The first-order valence-electron chi connectivity index (χ1n) is 5.08. The fraction of sp³-hybridized carbons (Fsp3) is 1.00. The van der Waals surface area contributed by atoms with Crippen LogP contribution in [0.2, 0.25) is 0 Å². The van der Waals surface area contributed by atoms with Crippen LogP contribution in [0.15, 0.2) is 0 Å². The maximum atomic E-state index is 3.68. The third-order valence-electron chi connectivity index (χ3n) is 2.82. The molecule has 1 saturated heterocycles. The summed E-state index contributed by atoms with van der Waals surface area (Å²) in [7, 11) is 2.21. The molecule has 0 aliphatic carbocycles. The van der Waals surface area contributed by atoms with E-state index >= 15 is 0 Å². The topological polar surface area (TPSA) is 15.3 Å². The van der Waals surface area contributed by atoms with Crippen molar-refractivity contribution >= 4 is 11.8 Å². The zero-order valence-corrected chi connectivity index (χ0v) is 10.0. The van der Waals surface area contributed by atoms with E-state index < -0.39 is 0 Å². The first kappa shape index (κ1) is 11.3. The lowest BCUT2D eigenvalue weighted by atomic mass is 10.2. The standard InChI is InChI=1S/C10H22N2S/c1-8(7-13-4)11-10-5-9(2)12(3)6-10/h8-11H,5-7H2,1-4H3. The average molecular weight is 202 g/mol. The van der Waals surface area contributed by atoms with Crippen molar-refractivity contribution in [2.75, 3.05) is 25.6 Å². The van der Waals surface area contributed by atoms with Crippen LogP contribution in [0.1, 0.15) is 20.3 Å². The van der Waals surface area contributed by atoms with E-state index in [-0.39, 0.29) is 0 Å². The van der Waals surface area contributed by atoms with Gasteiger partial charge in [-0.3, -0.25) is 0 Å². The fourth-order valence-corrected chi connectivity index (χ4v) is 2.61. The third kappa shape index (κ3) is 3.49. The van der Waals surface area contributed by atoms with E-state index in [9.17, 15) is 0 Å². The quantitative estimate of drug-likeness (QED) is 0.742. The average Bonchev–Trinajstić information content (AvgIpc) is 2.31. The van der Waals surface area contributed by atoms with Crippen LogP contribution >= 0.6 is 11.8 Å². The van der Waals surface area contributed by atoms with E-state index in [2.05, 4.69) is 37.4 Å². The van der Waals surface area contributed by atoms with Crippen LogP contribution in [0.4, 0.5) is 0 Å². The summed E-state index contributed by atoms with van der Waals surface area (Å²) in [6, 6.07) is 2.11. The van der Waals surface area contributed by atoms with E-state index in [1.807, 2.05) is 11.8 Å².